The zero-order chi connectivity index (χ0) is 17.6. The molecular weight excluding hydrogens is 321 g/mol. The number of hydrogen-bond donors (Lipinski definition) is 0. The molecule has 0 N–H and O–H groups in total. The average Bonchev–Trinajstić information content (AvgIpc) is 2.48. The lowest BCUT2D eigenvalue weighted by Gasteiger charge is -2.33. The van der Waals surface area contributed by atoms with Crippen molar-refractivity contribution in [1.82, 2.24) is 4.57 Å². The lowest BCUT2D eigenvalue weighted by atomic mass is 10.0. The molecule has 1 aromatic heterocycles. The van der Waals surface area contributed by atoms with Gasteiger partial charge in [0.15, 0.2) is 0 Å². The molecule has 7 heteroatoms. The molecule has 0 radical (unpaired) electrons. The number of aromatic nitrogens is 1. The lowest BCUT2D eigenvalue weighted by molar-refractivity contribution is -0.136. The molecule has 1 aromatic carbocycles. The summed E-state index contributed by atoms with van der Waals surface area (Å²) in [6.07, 6.45) is -4.59. The average molecular weight is 340 g/mol. The molecule has 2 aromatic rings. The SMILES string of the molecule is CC(C)CN1CCOc2cc3c(cc21)c(C(F)(F)F)cc(=O)n3C. The van der Waals surface area contributed by atoms with Crippen molar-refractivity contribution in [2.45, 2.75) is 20.0 Å². The highest BCUT2D eigenvalue weighted by Crippen LogP contribution is 2.40. The van der Waals surface area contributed by atoms with E-state index in [0.717, 1.165) is 6.54 Å². The fraction of sp³-hybridized carbons (Fsp3) is 0.471. The topological polar surface area (TPSA) is 34.5 Å². The summed E-state index contributed by atoms with van der Waals surface area (Å²) < 4.78 is 47.0. The Kier molecular flexibility index (Phi) is 3.97. The summed E-state index contributed by atoms with van der Waals surface area (Å²) in [6, 6.07) is 3.69. The van der Waals surface area contributed by atoms with Crippen molar-refractivity contribution in [3.05, 3.63) is 34.1 Å². The summed E-state index contributed by atoms with van der Waals surface area (Å²) in [5.74, 6) is 0.887. The molecule has 0 atom stereocenters. The van der Waals surface area contributed by atoms with Crippen molar-refractivity contribution < 1.29 is 17.9 Å². The zero-order valence-corrected chi connectivity index (χ0v) is 13.8. The van der Waals surface area contributed by atoms with Gasteiger partial charge >= 0.3 is 6.18 Å². The predicted octanol–water partition coefficient (Wildman–Crippen LogP) is 3.41. The summed E-state index contributed by atoms with van der Waals surface area (Å²) in [4.78, 5) is 13.9. The first-order valence-electron chi connectivity index (χ1n) is 7.81. The van der Waals surface area contributed by atoms with E-state index in [1.165, 1.54) is 23.7 Å². The summed E-state index contributed by atoms with van der Waals surface area (Å²) in [5.41, 5.74) is -0.727. The third kappa shape index (κ3) is 2.83. The van der Waals surface area contributed by atoms with Gasteiger partial charge in [-0.05, 0) is 12.0 Å². The molecule has 3 rings (SSSR count). The summed E-state index contributed by atoms with van der Waals surface area (Å²) in [6.45, 7) is 5.94. The first-order valence-corrected chi connectivity index (χ1v) is 7.81. The van der Waals surface area contributed by atoms with Crippen LogP contribution in [-0.4, -0.2) is 24.3 Å². The minimum atomic E-state index is -4.59. The van der Waals surface area contributed by atoms with Crippen LogP contribution in [0, 0.1) is 5.92 Å². The predicted molar refractivity (Wildman–Crippen MR) is 86.7 cm³/mol. The van der Waals surface area contributed by atoms with Crippen molar-refractivity contribution in [1.29, 1.82) is 0 Å². The van der Waals surface area contributed by atoms with Gasteiger partial charge in [0.05, 0.1) is 23.3 Å². The maximum Gasteiger partial charge on any atom is 0.417 e. The van der Waals surface area contributed by atoms with Crippen LogP contribution in [0.15, 0.2) is 23.0 Å². The third-order valence-corrected chi connectivity index (χ3v) is 4.18. The fourth-order valence-corrected chi connectivity index (χ4v) is 3.08. The highest BCUT2D eigenvalue weighted by Gasteiger charge is 2.34. The van der Waals surface area contributed by atoms with E-state index < -0.39 is 17.3 Å². The van der Waals surface area contributed by atoms with Crippen LogP contribution in [0.3, 0.4) is 0 Å². The Bertz CT molecular complexity index is 840. The molecular formula is C17H19F3N2O2. The molecule has 0 saturated heterocycles. The van der Waals surface area contributed by atoms with E-state index in [9.17, 15) is 18.0 Å². The number of pyridine rings is 1. The summed E-state index contributed by atoms with van der Waals surface area (Å²) in [7, 11) is 1.46. The van der Waals surface area contributed by atoms with Gasteiger partial charge < -0.3 is 14.2 Å². The first-order chi connectivity index (χ1) is 11.2. The standard InChI is InChI=1S/C17H19F3N2O2/c1-10(2)9-22-4-5-24-15-8-13-11(6-14(15)22)12(17(18,19)20)7-16(23)21(13)3/h6-8,10H,4-5,9H2,1-3H3. The van der Waals surface area contributed by atoms with Crippen molar-refractivity contribution in [2.24, 2.45) is 13.0 Å². The van der Waals surface area contributed by atoms with Crippen LogP contribution in [0.1, 0.15) is 19.4 Å². The molecule has 0 unspecified atom stereocenters. The van der Waals surface area contributed by atoms with E-state index in [-0.39, 0.29) is 10.9 Å². The van der Waals surface area contributed by atoms with Gasteiger partial charge in [0.2, 0.25) is 0 Å². The molecule has 0 bridgehead atoms. The fourth-order valence-electron chi connectivity index (χ4n) is 3.08. The minimum Gasteiger partial charge on any atom is -0.489 e. The number of aryl methyl sites for hydroxylation is 1. The molecule has 4 nitrogen and oxygen atoms in total. The van der Waals surface area contributed by atoms with E-state index in [2.05, 4.69) is 13.8 Å². The zero-order valence-electron chi connectivity index (χ0n) is 13.8. The molecule has 0 spiro atoms. The van der Waals surface area contributed by atoms with Crippen LogP contribution in [0.25, 0.3) is 10.9 Å². The van der Waals surface area contributed by atoms with Crippen LogP contribution < -0.4 is 15.2 Å². The largest absolute Gasteiger partial charge is 0.489 e. The van der Waals surface area contributed by atoms with Gasteiger partial charge in [-0.1, -0.05) is 13.8 Å². The normalized spacial score (nSPS) is 14.9. The Morgan fingerprint density at radius 3 is 2.58 bits per heavy atom. The highest BCUT2D eigenvalue weighted by atomic mass is 19.4. The molecule has 2 heterocycles. The van der Waals surface area contributed by atoms with E-state index >= 15 is 0 Å². The Balaban J connectivity index is 2.29. The molecule has 24 heavy (non-hydrogen) atoms. The number of fused-ring (bicyclic) bond motifs is 2. The second-order valence-corrected chi connectivity index (χ2v) is 6.48. The summed E-state index contributed by atoms with van der Waals surface area (Å²) in [5, 5.41) is 0.0163. The van der Waals surface area contributed by atoms with E-state index in [1.54, 1.807) is 0 Å². The van der Waals surface area contributed by atoms with Gasteiger partial charge in [0.25, 0.3) is 5.56 Å². The second kappa shape index (κ2) is 5.72. The number of halogens is 3. The van der Waals surface area contributed by atoms with E-state index in [4.69, 9.17) is 4.74 Å². The van der Waals surface area contributed by atoms with Gasteiger partial charge in [-0.2, -0.15) is 13.2 Å². The number of alkyl halides is 3. The lowest BCUT2D eigenvalue weighted by Crippen LogP contribution is -2.35. The van der Waals surface area contributed by atoms with Crippen molar-refractivity contribution in [3.8, 4) is 5.75 Å². The van der Waals surface area contributed by atoms with Gasteiger partial charge in [-0.15, -0.1) is 0 Å². The molecule has 0 aliphatic carbocycles. The Morgan fingerprint density at radius 1 is 1.25 bits per heavy atom. The smallest absolute Gasteiger partial charge is 0.417 e. The quantitative estimate of drug-likeness (QED) is 0.840. The summed E-state index contributed by atoms with van der Waals surface area (Å²) >= 11 is 0. The number of ether oxygens (including phenoxy) is 1. The monoisotopic (exact) mass is 340 g/mol. The molecule has 0 amide bonds. The van der Waals surface area contributed by atoms with E-state index in [1.807, 2.05) is 4.90 Å². The van der Waals surface area contributed by atoms with Crippen LogP contribution in [0.5, 0.6) is 5.75 Å². The van der Waals surface area contributed by atoms with Crippen LogP contribution in [0.4, 0.5) is 18.9 Å². The van der Waals surface area contributed by atoms with Crippen molar-refractivity contribution >= 4 is 16.6 Å². The Hall–Kier alpha value is -2.18. The third-order valence-electron chi connectivity index (χ3n) is 4.18. The minimum absolute atomic E-state index is 0.0163. The number of anilines is 1. The van der Waals surface area contributed by atoms with Gasteiger partial charge in [-0.25, -0.2) is 0 Å². The first kappa shape index (κ1) is 16.7. The Labute approximate surface area is 137 Å². The van der Waals surface area contributed by atoms with Gasteiger partial charge in [-0.3, -0.25) is 4.79 Å². The second-order valence-electron chi connectivity index (χ2n) is 6.48. The number of benzene rings is 1. The molecule has 0 fully saturated rings. The molecule has 1 aliphatic rings. The van der Waals surface area contributed by atoms with Gasteiger partial charge in [0, 0.05) is 31.1 Å². The maximum absolute atomic E-state index is 13.4. The van der Waals surface area contributed by atoms with Crippen molar-refractivity contribution in [2.75, 3.05) is 24.6 Å². The van der Waals surface area contributed by atoms with Crippen LogP contribution in [-0.2, 0) is 13.2 Å². The van der Waals surface area contributed by atoms with Crippen LogP contribution >= 0.6 is 0 Å². The van der Waals surface area contributed by atoms with Crippen LogP contribution in [0.2, 0.25) is 0 Å². The number of hydrogen-bond acceptors (Lipinski definition) is 3. The maximum atomic E-state index is 13.4. The highest BCUT2D eigenvalue weighted by molar-refractivity contribution is 5.89. The molecule has 130 valence electrons. The number of nitrogens with zero attached hydrogens (tertiary/aromatic N) is 2. The van der Waals surface area contributed by atoms with Crippen molar-refractivity contribution in [3.63, 3.8) is 0 Å². The van der Waals surface area contributed by atoms with E-state index in [0.29, 0.717) is 36.6 Å². The molecule has 0 saturated carbocycles. The number of rotatable bonds is 2. The van der Waals surface area contributed by atoms with Gasteiger partial charge in [0.1, 0.15) is 12.4 Å². The molecule has 1 aliphatic heterocycles. The Morgan fingerprint density at radius 2 is 1.96 bits per heavy atom.